The molecule has 19 heavy (non-hydrogen) atoms. The smallest absolute Gasteiger partial charge is 0.134 e. The van der Waals surface area contributed by atoms with Crippen molar-refractivity contribution in [1.82, 2.24) is 0 Å². The first-order chi connectivity index (χ1) is 9.40. The fourth-order valence-corrected chi connectivity index (χ4v) is 2.26. The van der Waals surface area contributed by atoms with Crippen molar-refractivity contribution in [3.63, 3.8) is 0 Å². The first-order valence-corrected chi connectivity index (χ1v) is 7.32. The fourth-order valence-electron chi connectivity index (χ4n) is 2.19. The predicted molar refractivity (Wildman–Crippen MR) is 77.7 cm³/mol. The van der Waals surface area contributed by atoms with Crippen molar-refractivity contribution in [2.24, 2.45) is 0 Å². The molecule has 1 fully saturated rings. The van der Waals surface area contributed by atoms with E-state index in [0.717, 1.165) is 30.8 Å². The average Bonchev–Trinajstić information content (AvgIpc) is 2.95. The molecule has 1 aliphatic rings. The molecule has 0 saturated carbocycles. The van der Waals surface area contributed by atoms with Crippen LogP contribution in [0, 0.1) is 11.8 Å². The molecule has 1 aromatic carbocycles. The van der Waals surface area contributed by atoms with Crippen LogP contribution in [0.5, 0.6) is 5.75 Å². The lowest BCUT2D eigenvalue weighted by atomic mass is 10.1. The van der Waals surface area contributed by atoms with Crippen molar-refractivity contribution in [2.45, 2.75) is 31.8 Å². The van der Waals surface area contributed by atoms with Gasteiger partial charge in [-0.3, -0.25) is 0 Å². The number of halogens is 1. The first-order valence-electron chi connectivity index (χ1n) is 6.78. The lowest BCUT2D eigenvalue weighted by Gasteiger charge is -2.11. The van der Waals surface area contributed by atoms with E-state index in [2.05, 4.69) is 11.8 Å². The van der Waals surface area contributed by atoms with E-state index in [9.17, 15) is 0 Å². The molecule has 1 unspecified atom stereocenters. The van der Waals surface area contributed by atoms with E-state index in [-0.39, 0.29) is 0 Å². The molecule has 2 nitrogen and oxygen atoms in total. The summed E-state index contributed by atoms with van der Waals surface area (Å²) in [6, 6.07) is 7.82. The van der Waals surface area contributed by atoms with Gasteiger partial charge in [0.1, 0.15) is 5.75 Å². The molecule has 1 saturated heterocycles. The van der Waals surface area contributed by atoms with Gasteiger partial charge in [-0.15, -0.1) is 11.6 Å². The molecule has 1 heterocycles. The van der Waals surface area contributed by atoms with E-state index >= 15 is 0 Å². The zero-order chi connectivity index (χ0) is 13.3. The number of hydrogen-bond acceptors (Lipinski definition) is 2. The van der Waals surface area contributed by atoms with Crippen LogP contribution in [0.2, 0.25) is 0 Å². The first kappa shape index (κ1) is 14.2. The normalized spacial score (nSPS) is 17.8. The molecule has 0 radical (unpaired) electrons. The van der Waals surface area contributed by atoms with Gasteiger partial charge in [-0.1, -0.05) is 24.0 Å². The Morgan fingerprint density at radius 1 is 1.37 bits per heavy atom. The maximum absolute atomic E-state index is 5.79. The van der Waals surface area contributed by atoms with Crippen LogP contribution in [-0.2, 0) is 4.74 Å². The minimum absolute atomic E-state index is 0.341. The van der Waals surface area contributed by atoms with Gasteiger partial charge in [0.2, 0.25) is 0 Å². The summed E-state index contributed by atoms with van der Waals surface area (Å²) < 4.78 is 11.4. The van der Waals surface area contributed by atoms with Gasteiger partial charge in [0.25, 0.3) is 0 Å². The van der Waals surface area contributed by atoms with Gasteiger partial charge in [0, 0.05) is 6.61 Å². The minimum atomic E-state index is 0.341. The van der Waals surface area contributed by atoms with E-state index < -0.39 is 0 Å². The molecule has 3 heteroatoms. The largest absolute Gasteiger partial charge is 0.492 e. The highest BCUT2D eigenvalue weighted by molar-refractivity contribution is 6.19. The summed E-state index contributed by atoms with van der Waals surface area (Å²) in [5.41, 5.74) is 0.903. The summed E-state index contributed by atoms with van der Waals surface area (Å²) in [5.74, 6) is 7.05. The Balaban J connectivity index is 1.78. The molecule has 1 aliphatic heterocycles. The second-order valence-electron chi connectivity index (χ2n) is 4.56. The molecular weight excluding hydrogens is 260 g/mol. The molecule has 1 atom stereocenters. The van der Waals surface area contributed by atoms with Gasteiger partial charge in [-0.2, -0.15) is 0 Å². The number of alkyl halides is 1. The van der Waals surface area contributed by atoms with Crippen molar-refractivity contribution >= 4 is 11.6 Å². The molecule has 102 valence electrons. The summed E-state index contributed by atoms with van der Waals surface area (Å²) >= 11 is 5.57. The van der Waals surface area contributed by atoms with Gasteiger partial charge in [0.15, 0.2) is 0 Å². The summed E-state index contributed by atoms with van der Waals surface area (Å²) in [7, 11) is 0. The van der Waals surface area contributed by atoms with Gasteiger partial charge < -0.3 is 9.47 Å². The van der Waals surface area contributed by atoms with Crippen molar-refractivity contribution in [3.8, 4) is 17.6 Å². The molecule has 0 amide bonds. The Kier molecular flexibility index (Phi) is 6.07. The topological polar surface area (TPSA) is 18.5 Å². The van der Waals surface area contributed by atoms with Gasteiger partial charge >= 0.3 is 0 Å². The van der Waals surface area contributed by atoms with Gasteiger partial charge in [-0.25, -0.2) is 0 Å². The molecule has 0 N–H and O–H groups in total. The zero-order valence-corrected chi connectivity index (χ0v) is 11.8. The second-order valence-corrected chi connectivity index (χ2v) is 4.82. The summed E-state index contributed by atoms with van der Waals surface area (Å²) in [5, 5.41) is 0. The van der Waals surface area contributed by atoms with Crippen LogP contribution in [-0.4, -0.2) is 25.2 Å². The number of rotatable bonds is 5. The van der Waals surface area contributed by atoms with E-state index in [1.807, 2.05) is 24.3 Å². The monoisotopic (exact) mass is 278 g/mol. The fraction of sp³-hybridized carbons (Fsp3) is 0.500. The highest BCUT2D eigenvalue weighted by Crippen LogP contribution is 2.19. The van der Waals surface area contributed by atoms with Crippen LogP contribution in [0.1, 0.15) is 31.2 Å². The molecule has 0 bridgehead atoms. The third-order valence-electron chi connectivity index (χ3n) is 3.13. The minimum Gasteiger partial charge on any atom is -0.492 e. The summed E-state index contributed by atoms with van der Waals surface area (Å²) in [4.78, 5) is 0. The maximum Gasteiger partial charge on any atom is 0.134 e. The quantitative estimate of drug-likeness (QED) is 0.465. The lowest BCUT2D eigenvalue weighted by Crippen LogP contribution is -2.08. The number of para-hydroxylation sites is 1. The lowest BCUT2D eigenvalue weighted by molar-refractivity contribution is 0.0981. The van der Waals surface area contributed by atoms with E-state index in [1.54, 1.807) is 0 Å². The van der Waals surface area contributed by atoms with Crippen LogP contribution in [0.3, 0.4) is 0 Å². The molecule has 1 aromatic rings. The zero-order valence-electron chi connectivity index (χ0n) is 11.0. The number of benzene rings is 1. The van der Waals surface area contributed by atoms with Gasteiger partial charge in [-0.05, 0) is 37.8 Å². The van der Waals surface area contributed by atoms with Crippen molar-refractivity contribution in [1.29, 1.82) is 0 Å². The van der Waals surface area contributed by atoms with Crippen LogP contribution in [0.15, 0.2) is 24.3 Å². The third-order valence-corrected chi connectivity index (χ3v) is 3.26. The number of hydrogen-bond donors (Lipinski definition) is 0. The van der Waals surface area contributed by atoms with Crippen molar-refractivity contribution < 1.29 is 9.47 Å². The van der Waals surface area contributed by atoms with Crippen LogP contribution in [0.25, 0.3) is 0 Å². The molecule has 0 aliphatic carbocycles. The average molecular weight is 279 g/mol. The predicted octanol–water partition coefficient (Wildman–Crippen LogP) is 3.61. The highest BCUT2D eigenvalue weighted by atomic mass is 35.5. The van der Waals surface area contributed by atoms with E-state index in [4.69, 9.17) is 21.1 Å². The Labute approximate surface area is 120 Å². The Bertz CT molecular complexity index is 442. The van der Waals surface area contributed by atoms with Crippen molar-refractivity contribution in [2.75, 3.05) is 19.1 Å². The standard InChI is InChI=1S/C16H19ClO2/c17-11-3-7-14-6-1-2-10-16(14)19-13-5-9-15-8-4-12-18-15/h1-2,6,10,15H,4-5,8-9,11-13H2. The summed E-state index contributed by atoms with van der Waals surface area (Å²) in [6.07, 6.45) is 4.92. The third kappa shape index (κ3) is 4.78. The molecule has 0 spiro atoms. The highest BCUT2D eigenvalue weighted by Gasteiger charge is 2.14. The Morgan fingerprint density at radius 2 is 2.26 bits per heavy atom. The molecule has 2 rings (SSSR count). The van der Waals surface area contributed by atoms with Crippen LogP contribution >= 0.6 is 11.6 Å². The number of ether oxygens (including phenoxy) is 2. The second kappa shape index (κ2) is 8.09. The molecule has 0 aromatic heterocycles. The van der Waals surface area contributed by atoms with Crippen LogP contribution in [0.4, 0.5) is 0 Å². The van der Waals surface area contributed by atoms with Crippen molar-refractivity contribution in [3.05, 3.63) is 29.8 Å². The molecular formula is C16H19ClO2. The Morgan fingerprint density at radius 3 is 3.05 bits per heavy atom. The Hall–Kier alpha value is -1.17. The summed E-state index contributed by atoms with van der Waals surface area (Å²) in [6.45, 7) is 1.63. The SMILES string of the molecule is ClCC#Cc1ccccc1OCCCC1CCCO1. The maximum atomic E-state index is 5.79. The van der Waals surface area contributed by atoms with E-state index in [0.29, 0.717) is 18.6 Å². The van der Waals surface area contributed by atoms with Crippen LogP contribution < -0.4 is 4.74 Å². The van der Waals surface area contributed by atoms with Gasteiger partial charge in [0.05, 0.1) is 24.2 Å². The van der Waals surface area contributed by atoms with E-state index in [1.165, 1.54) is 12.8 Å².